The molecule has 1 aliphatic heterocycles. The number of halogens is 1. The molecule has 4 heteroatoms. The van der Waals surface area contributed by atoms with Gasteiger partial charge in [0.15, 0.2) is 0 Å². The second-order valence-electron chi connectivity index (χ2n) is 5.20. The van der Waals surface area contributed by atoms with Gasteiger partial charge in [-0.15, -0.1) is 11.6 Å². The van der Waals surface area contributed by atoms with Crippen molar-refractivity contribution in [3.8, 4) is 5.75 Å². The Morgan fingerprint density at radius 1 is 1.47 bits per heavy atom. The van der Waals surface area contributed by atoms with Gasteiger partial charge in [-0.25, -0.2) is 0 Å². The van der Waals surface area contributed by atoms with E-state index in [-0.39, 0.29) is 6.10 Å². The molecule has 1 heterocycles. The maximum atomic E-state index is 5.90. The number of nitrogens with zero attached hydrogens (tertiary/aromatic N) is 1. The summed E-state index contributed by atoms with van der Waals surface area (Å²) in [6, 6.07) is 6.71. The van der Waals surface area contributed by atoms with E-state index in [1.54, 1.807) is 7.11 Å². The first-order valence-corrected chi connectivity index (χ1v) is 7.22. The van der Waals surface area contributed by atoms with Crippen LogP contribution in [0.5, 0.6) is 5.75 Å². The minimum atomic E-state index is 0.133. The van der Waals surface area contributed by atoms with Gasteiger partial charge in [-0.3, -0.25) is 4.90 Å². The van der Waals surface area contributed by atoms with E-state index in [4.69, 9.17) is 21.1 Å². The van der Waals surface area contributed by atoms with Crippen LogP contribution in [0.4, 0.5) is 0 Å². The molecule has 2 rings (SSSR count). The van der Waals surface area contributed by atoms with Gasteiger partial charge in [0.1, 0.15) is 5.75 Å². The number of aryl methyl sites for hydroxylation is 1. The van der Waals surface area contributed by atoms with Crippen LogP contribution in [0.3, 0.4) is 0 Å². The van der Waals surface area contributed by atoms with E-state index in [9.17, 15) is 0 Å². The highest BCUT2D eigenvalue weighted by Gasteiger charge is 2.26. The van der Waals surface area contributed by atoms with Gasteiger partial charge in [-0.1, -0.05) is 17.7 Å². The summed E-state index contributed by atoms with van der Waals surface area (Å²) in [7, 11) is 1.72. The van der Waals surface area contributed by atoms with Gasteiger partial charge in [0.25, 0.3) is 0 Å². The van der Waals surface area contributed by atoms with Gasteiger partial charge in [0.05, 0.1) is 19.8 Å². The van der Waals surface area contributed by atoms with Gasteiger partial charge in [0.2, 0.25) is 0 Å². The van der Waals surface area contributed by atoms with Gasteiger partial charge in [0, 0.05) is 30.6 Å². The SMILES string of the molecule is COc1ccc(C)cc1CN1CC(CCl)OCC1C. The van der Waals surface area contributed by atoms with Crippen LogP contribution in [0.2, 0.25) is 0 Å². The van der Waals surface area contributed by atoms with E-state index in [0.29, 0.717) is 11.9 Å². The van der Waals surface area contributed by atoms with Crippen LogP contribution in [-0.2, 0) is 11.3 Å². The maximum absolute atomic E-state index is 5.90. The molecule has 3 nitrogen and oxygen atoms in total. The maximum Gasteiger partial charge on any atom is 0.123 e. The number of hydrogen-bond acceptors (Lipinski definition) is 3. The fourth-order valence-corrected chi connectivity index (χ4v) is 2.63. The summed E-state index contributed by atoms with van der Waals surface area (Å²) in [5.41, 5.74) is 2.48. The van der Waals surface area contributed by atoms with Crippen LogP contribution in [-0.4, -0.2) is 43.2 Å². The molecule has 1 saturated heterocycles. The average molecular weight is 284 g/mol. The van der Waals surface area contributed by atoms with Gasteiger partial charge in [-0.2, -0.15) is 0 Å². The number of hydrogen-bond donors (Lipinski definition) is 0. The fourth-order valence-electron chi connectivity index (χ4n) is 2.44. The van der Waals surface area contributed by atoms with Crippen molar-refractivity contribution < 1.29 is 9.47 Å². The zero-order chi connectivity index (χ0) is 13.8. The van der Waals surface area contributed by atoms with Crippen LogP contribution < -0.4 is 4.74 Å². The minimum Gasteiger partial charge on any atom is -0.496 e. The smallest absolute Gasteiger partial charge is 0.123 e. The first kappa shape index (κ1) is 14.6. The Kier molecular flexibility index (Phi) is 5.08. The Bertz CT molecular complexity index is 425. The minimum absolute atomic E-state index is 0.133. The van der Waals surface area contributed by atoms with Crippen LogP contribution in [0.1, 0.15) is 18.1 Å². The third-order valence-electron chi connectivity index (χ3n) is 3.62. The molecule has 0 aliphatic carbocycles. The summed E-state index contributed by atoms with van der Waals surface area (Å²) in [5, 5.41) is 0. The summed E-state index contributed by atoms with van der Waals surface area (Å²) in [5.74, 6) is 1.50. The topological polar surface area (TPSA) is 21.7 Å². The molecular formula is C15H22ClNO2. The monoisotopic (exact) mass is 283 g/mol. The highest BCUT2D eigenvalue weighted by Crippen LogP contribution is 2.24. The standard InChI is InChI=1S/C15H22ClNO2/c1-11-4-5-15(18-3)13(6-11)8-17-9-14(7-16)19-10-12(17)2/h4-6,12,14H,7-10H2,1-3H3. The lowest BCUT2D eigenvalue weighted by molar-refractivity contribution is -0.0512. The molecular weight excluding hydrogens is 262 g/mol. The summed E-state index contributed by atoms with van der Waals surface area (Å²) in [6.45, 7) is 6.79. The number of methoxy groups -OCH3 is 1. The van der Waals surface area contributed by atoms with E-state index >= 15 is 0 Å². The molecule has 0 saturated carbocycles. The van der Waals surface area contributed by atoms with Gasteiger partial charge in [-0.05, 0) is 19.9 Å². The molecule has 2 atom stereocenters. The molecule has 1 fully saturated rings. The molecule has 1 aromatic carbocycles. The summed E-state index contributed by atoms with van der Waals surface area (Å²) < 4.78 is 11.1. The summed E-state index contributed by atoms with van der Waals surface area (Å²) >= 11 is 5.90. The third-order valence-corrected chi connectivity index (χ3v) is 3.96. The normalized spacial score (nSPS) is 24.4. The van der Waals surface area contributed by atoms with Crippen molar-refractivity contribution in [2.45, 2.75) is 32.5 Å². The van der Waals surface area contributed by atoms with Crippen molar-refractivity contribution >= 4 is 11.6 Å². The molecule has 0 amide bonds. The van der Waals surface area contributed by atoms with E-state index in [0.717, 1.165) is 25.4 Å². The van der Waals surface area contributed by atoms with Crippen LogP contribution >= 0.6 is 11.6 Å². The molecule has 0 radical (unpaired) electrons. The average Bonchev–Trinajstić information content (AvgIpc) is 2.41. The molecule has 2 unspecified atom stereocenters. The fraction of sp³-hybridized carbons (Fsp3) is 0.600. The van der Waals surface area contributed by atoms with E-state index < -0.39 is 0 Å². The lowest BCUT2D eigenvalue weighted by atomic mass is 10.1. The van der Waals surface area contributed by atoms with E-state index in [1.807, 2.05) is 6.07 Å². The molecule has 0 N–H and O–H groups in total. The molecule has 0 bridgehead atoms. The van der Waals surface area contributed by atoms with E-state index in [2.05, 4.69) is 30.9 Å². The Morgan fingerprint density at radius 2 is 2.26 bits per heavy atom. The Balaban J connectivity index is 2.12. The summed E-state index contributed by atoms with van der Waals surface area (Å²) in [6.07, 6.45) is 0.133. The number of ether oxygens (including phenoxy) is 2. The number of morpholine rings is 1. The van der Waals surface area contributed by atoms with Crippen molar-refractivity contribution in [2.75, 3.05) is 26.1 Å². The predicted molar refractivity (Wildman–Crippen MR) is 78.1 cm³/mol. The zero-order valence-electron chi connectivity index (χ0n) is 11.9. The Labute approximate surface area is 120 Å². The Morgan fingerprint density at radius 3 is 2.95 bits per heavy atom. The molecule has 1 aliphatic rings. The number of alkyl halides is 1. The van der Waals surface area contributed by atoms with Gasteiger partial charge >= 0.3 is 0 Å². The largest absolute Gasteiger partial charge is 0.496 e. The number of benzene rings is 1. The van der Waals surface area contributed by atoms with Crippen molar-refractivity contribution in [1.29, 1.82) is 0 Å². The first-order valence-electron chi connectivity index (χ1n) is 6.69. The highest BCUT2D eigenvalue weighted by molar-refractivity contribution is 6.18. The van der Waals surface area contributed by atoms with Crippen molar-refractivity contribution in [3.05, 3.63) is 29.3 Å². The summed E-state index contributed by atoms with van der Waals surface area (Å²) in [4.78, 5) is 2.41. The molecule has 0 spiro atoms. The lowest BCUT2D eigenvalue weighted by Gasteiger charge is -2.37. The van der Waals surface area contributed by atoms with Crippen molar-refractivity contribution in [3.63, 3.8) is 0 Å². The lowest BCUT2D eigenvalue weighted by Crippen LogP contribution is -2.48. The van der Waals surface area contributed by atoms with Crippen molar-refractivity contribution in [2.24, 2.45) is 0 Å². The zero-order valence-corrected chi connectivity index (χ0v) is 12.6. The second-order valence-corrected chi connectivity index (χ2v) is 5.51. The number of rotatable bonds is 4. The quantitative estimate of drug-likeness (QED) is 0.793. The molecule has 106 valence electrons. The van der Waals surface area contributed by atoms with Crippen LogP contribution in [0.15, 0.2) is 18.2 Å². The molecule has 1 aromatic rings. The van der Waals surface area contributed by atoms with Gasteiger partial charge < -0.3 is 9.47 Å². The predicted octanol–water partition coefficient (Wildman–Crippen LogP) is 2.83. The third kappa shape index (κ3) is 3.62. The second kappa shape index (κ2) is 6.60. The van der Waals surface area contributed by atoms with Crippen LogP contribution in [0, 0.1) is 6.92 Å². The first-order chi connectivity index (χ1) is 9.13. The van der Waals surface area contributed by atoms with E-state index in [1.165, 1.54) is 11.1 Å². The van der Waals surface area contributed by atoms with Crippen molar-refractivity contribution in [1.82, 2.24) is 4.90 Å². The highest BCUT2D eigenvalue weighted by atomic mass is 35.5. The van der Waals surface area contributed by atoms with Crippen LogP contribution in [0.25, 0.3) is 0 Å². The molecule has 19 heavy (non-hydrogen) atoms. The molecule has 0 aromatic heterocycles. The Hall–Kier alpha value is -0.770.